The molecule has 0 atom stereocenters. The van der Waals surface area contributed by atoms with Gasteiger partial charge < -0.3 is 0 Å². The molecule has 0 amide bonds. The van der Waals surface area contributed by atoms with Gasteiger partial charge in [0.1, 0.15) is 0 Å². The van der Waals surface area contributed by atoms with Crippen molar-refractivity contribution in [1.29, 1.82) is 0 Å². The quantitative estimate of drug-likeness (QED) is 0.247. The molecule has 0 radical (unpaired) electrons. The average molecular weight is 258 g/mol. The molecule has 1 aromatic rings. The second kappa shape index (κ2) is 4.32. The van der Waals surface area contributed by atoms with Crippen molar-refractivity contribution < 1.29 is 17.7 Å². The summed E-state index contributed by atoms with van der Waals surface area (Å²) >= 11 is 9.33. The van der Waals surface area contributed by atoms with Gasteiger partial charge in [0.2, 0.25) is 4.45 Å². The van der Waals surface area contributed by atoms with E-state index in [9.17, 15) is 17.7 Å². The van der Waals surface area contributed by atoms with Gasteiger partial charge in [0.15, 0.2) is 0 Å². The third-order valence-corrected chi connectivity index (χ3v) is 1.88. The van der Waals surface area contributed by atoms with Gasteiger partial charge in [0, 0.05) is 0 Å². The first kappa shape index (κ1) is 12.2. The minimum Gasteiger partial charge on any atom is -0.166 e. The summed E-state index contributed by atoms with van der Waals surface area (Å²) in [6.45, 7) is 0. The van der Waals surface area contributed by atoms with E-state index in [4.69, 9.17) is 11.6 Å². The van der Waals surface area contributed by atoms with Crippen LogP contribution < -0.4 is 5.12 Å². The molecule has 82 valence electrons. The number of anilines is 1. The lowest BCUT2D eigenvalue weighted by molar-refractivity contribution is -0.137. The second-order valence-electron chi connectivity index (χ2n) is 2.55. The van der Waals surface area contributed by atoms with Crippen LogP contribution in [0.25, 0.3) is 0 Å². The molecule has 0 saturated heterocycles. The predicted octanol–water partition coefficient (Wildman–Crippen LogP) is 3.92. The summed E-state index contributed by atoms with van der Waals surface area (Å²) in [7, 11) is 0. The summed E-state index contributed by atoms with van der Waals surface area (Å²) in [6.07, 6.45) is -4.65. The Labute approximate surface area is 93.2 Å². The fourth-order valence-corrected chi connectivity index (χ4v) is 1.17. The van der Waals surface area contributed by atoms with Crippen molar-refractivity contribution in [2.24, 2.45) is 0 Å². The fraction of sp³-hybridized carbons (Fsp3) is 0.125. The molecule has 1 nitrogen and oxygen atoms in total. The molecular formula is C8H4ClF4NS. The van der Waals surface area contributed by atoms with Gasteiger partial charge in [-0.25, -0.2) is 0 Å². The van der Waals surface area contributed by atoms with Gasteiger partial charge in [-0.1, -0.05) is 16.6 Å². The van der Waals surface area contributed by atoms with Gasteiger partial charge in [-0.3, -0.25) is 0 Å². The SMILES string of the molecule is FN(C(=S)Cl)c1ccccc1C(F)(F)F. The summed E-state index contributed by atoms with van der Waals surface area (Å²) in [5, 5.41) is -0.389. The van der Waals surface area contributed by atoms with Crippen LogP contribution in [0.15, 0.2) is 24.3 Å². The number of alkyl halides is 3. The summed E-state index contributed by atoms with van der Waals surface area (Å²) in [4.78, 5) is 0. The van der Waals surface area contributed by atoms with E-state index in [1.165, 1.54) is 6.07 Å². The van der Waals surface area contributed by atoms with E-state index < -0.39 is 21.9 Å². The Morgan fingerprint density at radius 1 is 1.27 bits per heavy atom. The van der Waals surface area contributed by atoms with Crippen LogP contribution in [-0.2, 0) is 6.18 Å². The highest BCUT2D eigenvalue weighted by atomic mass is 35.5. The van der Waals surface area contributed by atoms with Crippen LogP contribution in [0.3, 0.4) is 0 Å². The highest BCUT2D eigenvalue weighted by molar-refractivity contribution is 7.83. The van der Waals surface area contributed by atoms with Crippen LogP contribution >= 0.6 is 23.8 Å². The van der Waals surface area contributed by atoms with Crippen LogP contribution in [0.4, 0.5) is 23.3 Å². The molecule has 0 saturated carbocycles. The molecule has 1 rings (SSSR count). The molecular weight excluding hydrogens is 254 g/mol. The third kappa shape index (κ3) is 2.79. The maximum absolute atomic E-state index is 13.1. The first-order valence-electron chi connectivity index (χ1n) is 3.65. The Hall–Kier alpha value is -0.880. The standard InChI is InChI=1S/C8H4ClF4NS/c9-7(15)14(13)6-4-2-1-3-5(6)8(10,11)12/h1-4H. The molecule has 1 aromatic carbocycles. The van der Waals surface area contributed by atoms with E-state index in [-0.39, 0.29) is 5.12 Å². The van der Waals surface area contributed by atoms with Crippen molar-refractivity contribution in [2.75, 3.05) is 5.12 Å². The highest BCUT2D eigenvalue weighted by Crippen LogP contribution is 2.36. The third-order valence-electron chi connectivity index (χ3n) is 1.58. The molecule has 7 heteroatoms. The molecule has 15 heavy (non-hydrogen) atoms. The predicted molar refractivity (Wildman–Crippen MR) is 53.5 cm³/mol. The van der Waals surface area contributed by atoms with E-state index in [0.29, 0.717) is 0 Å². The van der Waals surface area contributed by atoms with Crippen LogP contribution in [0.5, 0.6) is 0 Å². The van der Waals surface area contributed by atoms with Gasteiger partial charge in [-0.05, 0) is 36.0 Å². The molecule has 0 fully saturated rings. The first-order chi connectivity index (χ1) is 6.84. The Kier molecular flexibility index (Phi) is 3.51. The van der Waals surface area contributed by atoms with Crippen molar-refractivity contribution in [3.63, 3.8) is 0 Å². The maximum Gasteiger partial charge on any atom is 0.418 e. The van der Waals surface area contributed by atoms with Gasteiger partial charge in [0.05, 0.1) is 11.3 Å². The second-order valence-corrected chi connectivity index (χ2v) is 3.52. The lowest BCUT2D eigenvalue weighted by Gasteiger charge is -2.16. The van der Waals surface area contributed by atoms with Crippen LogP contribution in [0.1, 0.15) is 5.56 Å². The van der Waals surface area contributed by atoms with Crippen molar-refractivity contribution in [3.05, 3.63) is 29.8 Å². The first-order valence-corrected chi connectivity index (χ1v) is 4.44. The minimum absolute atomic E-state index is 0.389. The summed E-state index contributed by atoms with van der Waals surface area (Å²) in [6, 6.07) is 4.10. The van der Waals surface area contributed by atoms with E-state index in [0.717, 1.165) is 18.2 Å². The zero-order chi connectivity index (χ0) is 11.6. The van der Waals surface area contributed by atoms with Crippen molar-refractivity contribution >= 4 is 34.0 Å². The maximum atomic E-state index is 13.1. The number of halogens is 5. The largest absolute Gasteiger partial charge is 0.418 e. The summed E-state index contributed by atoms with van der Waals surface area (Å²) in [5.41, 5.74) is -1.85. The Morgan fingerprint density at radius 3 is 2.27 bits per heavy atom. The molecule has 0 heterocycles. The molecule has 0 aliphatic rings. The number of benzene rings is 1. The van der Waals surface area contributed by atoms with Crippen molar-refractivity contribution in [2.45, 2.75) is 6.18 Å². The minimum atomic E-state index is -4.65. The number of rotatable bonds is 1. The van der Waals surface area contributed by atoms with Gasteiger partial charge >= 0.3 is 6.18 Å². The summed E-state index contributed by atoms with van der Waals surface area (Å²) < 4.78 is 49.5. The van der Waals surface area contributed by atoms with E-state index >= 15 is 0 Å². The van der Waals surface area contributed by atoms with Crippen molar-refractivity contribution in [1.82, 2.24) is 0 Å². The van der Waals surface area contributed by atoms with Crippen LogP contribution in [0.2, 0.25) is 0 Å². The number of hydrogen-bond donors (Lipinski definition) is 0. The molecule has 0 aliphatic heterocycles. The van der Waals surface area contributed by atoms with Gasteiger partial charge in [-0.15, -0.1) is 0 Å². The number of nitrogens with zero attached hydrogens (tertiary/aromatic N) is 1. The molecule has 0 bridgehead atoms. The molecule has 0 N–H and O–H groups in total. The Morgan fingerprint density at radius 2 is 1.80 bits per heavy atom. The van der Waals surface area contributed by atoms with Gasteiger partial charge in [-0.2, -0.15) is 18.3 Å². The van der Waals surface area contributed by atoms with E-state index in [1.807, 2.05) is 0 Å². The normalized spacial score (nSPS) is 11.3. The summed E-state index contributed by atoms with van der Waals surface area (Å²) in [5.74, 6) is 0. The van der Waals surface area contributed by atoms with E-state index in [1.54, 1.807) is 0 Å². The average Bonchev–Trinajstić information content (AvgIpc) is 2.15. The molecule has 0 aromatic heterocycles. The molecule has 0 aliphatic carbocycles. The monoisotopic (exact) mass is 257 g/mol. The van der Waals surface area contributed by atoms with Crippen LogP contribution in [0, 0.1) is 0 Å². The molecule has 0 spiro atoms. The lowest BCUT2D eigenvalue weighted by Crippen LogP contribution is -2.19. The molecule has 0 unspecified atom stereocenters. The lowest BCUT2D eigenvalue weighted by atomic mass is 10.1. The fourth-order valence-electron chi connectivity index (χ4n) is 0.979. The topological polar surface area (TPSA) is 3.24 Å². The zero-order valence-electron chi connectivity index (χ0n) is 7.05. The number of hydrogen-bond acceptors (Lipinski definition) is 1. The number of thiocarbonyl (C=S) groups is 1. The van der Waals surface area contributed by atoms with Crippen LogP contribution in [-0.4, -0.2) is 4.45 Å². The number of para-hydroxylation sites is 1. The van der Waals surface area contributed by atoms with Gasteiger partial charge in [0.25, 0.3) is 0 Å². The highest BCUT2D eigenvalue weighted by Gasteiger charge is 2.35. The zero-order valence-corrected chi connectivity index (χ0v) is 8.63. The Bertz CT molecular complexity index is 379. The smallest absolute Gasteiger partial charge is 0.166 e. The Balaban J connectivity index is 3.24. The van der Waals surface area contributed by atoms with E-state index in [2.05, 4.69) is 12.2 Å². The van der Waals surface area contributed by atoms with Crippen molar-refractivity contribution in [3.8, 4) is 0 Å².